The Morgan fingerprint density at radius 1 is 0.941 bits per heavy atom. The van der Waals surface area contributed by atoms with Crippen molar-refractivity contribution >= 4 is 26.8 Å². The molecule has 0 aliphatic heterocycles. The highest BCUT2D eigenvalue weighted by Crippen LogP contribution is 2.31. The number of halogens is 1. The van der Waals surface area contributed by atoms with Crippen molar-refractivity contribution in [3.05, 3.63) is 89.7 Å². The molecule has 3 aromatic carbocycles. The summed E-state index contributed by atoms with van der Waals surface area (Å²) < 4.78 is 40.6. The van der Waals surface area contributed by atoms with Crippen LogP contribution in [0.5, 0.6) is 0 Å². The van der Waals surface area contributed by atoms with Crippen LogP contribution in [0.4, 0.5) is 4.39 Å². The molecular formula is C26H26FN3O3S. The molecule has 0 saturated heterocycles. The molecule has 0 saturated carbocycles. The summed E-state index contributed by atoms with van der Waals surface area (Å²) in [4.78, 5) is 16.0. The summed E-state index contributed by atoms with van der Waals surface area (Å²) in [5.74, 6) is -0.483. The van der Waals surface area contributed by atoms with E-state index in [9.17, 15) is 17.6 Å². The van der Waals surface area contributed by atoms with Crippen LogP contribution in [-0.2, 0) is 21.2 Å². The Labute approximate surface area is 198 Å². The summed E-state index contributed by atoms with van der Waals surface area (Å²) in [6, 6.07) is 20.7. The van der Waals surface area contributed by atoms with Crippen molar-refractivity contribution in [2.75, 3.05) is 13.1 Å². The summed E-state index contributed by atoms with van der Waals surface area (Å²) in [5.41, 5.74) is 4.61. The minimum Gasteiger partial charge on any atom is -0.355 e. The molecule has 34 heavy (non-hydrogen) atoms. The molecule has 3 N–H and O–H groups in total. The van der Waals surface area contributed by atoms with Crippen LogP contribution < -0.4 is 10.0 Å². The van der Waals surface area contributed by atoms with Gasteiger partial charge < -0.3 is 10.3 Å². The summed E-state index contributed by atoms with van der Waals surface area (Å²) in [6.07, 6.45) is 0.721. The first-order valence-corrected chi connectivity index (χ1v) is 12.5. The number of rotatable bonds is 9. The monoisotopic (exact) mass is 479 g/mol. The molecule has 0 bridgehead atoms. The first-order valence-electron chi connectivity index (χ1n) is 11.0. The number of amides is 1. The Balaban J connectivity index is 1.36. The smallest absolute Gasteiger partial charge is 0.240 e. The van der Waals surface area contributed by atoms with E-state index in [2.05, 4.69) is 15.0 Å². The fourth-order valence-corrected chi connectivity index (χ4v) is 4.87. The van der Waals surface area contributed by atoms with Gasteiger partial charge in [0.15, 0.2) is 0 Å². The number of hydrogen-bond donors (Lipinski definition) is 3. The Hall–Kier alpha value is -3.49. The number of carbonyl (C=O) groups is 1. The summed E-state index contributed by atoms with van der Waals surface area (Å²) in [7, 11) is -3.62. The van der Waals surface area contributed by atoms with Crippen LogP contribution in [0.2, 0.25) is 0 Å². The molecule has 0 atom stereocenters. The minimum atomic E-state index is -3.62. The molecular weight excluding hydrogens is 453 g/mol. The topological polar surface area (TPSA) is 91.1 Å². The lowest BCUT2D eigenvalue weighted by Gasteiger charge is -2.09. The SMILES string of the molecule is Cc1ccc(S(=O)(=O)NCCNC(=O)CCc2c(-c3ccc(F)cc3)[nH]c3ccccc23)cc1. The number of para-hydroxylation sites is 1. The summed E-state index contributed by atoms with van der Waals surface area (Å²) in [5, 5.41) is 3.78. The molecule has 0 spiro atoms. The van der Waals surface area contributed by atoms with Crippen molar-refractivity contribution < 1.29 is 17.6 Å². The number of sulfonamides is 1. The van der Waals surface area contributed by atoms with Gasteiger partial charge in [-0.3, -0.25) is 4.79 Å². The van der Waals surface area contributed by atoms with Crippen molar-refractivity contribution in [2.24, 2.45) is 0 Å². The lowest BCUT2D eigenvalue weighted by atomic mass is 10.0. The van der Waals surface area contributed by atoms with Crippen LogP contribution in [0, 0.1) is 12.7 Å². The van der Waals surface area contributed by atoms with Gasteiger partial charge in [-0.15, -0.1) is 0 Å². The number of fused-ring (bicyclic) bond motifs is 1. The van der Waals surface area contributed by atoms with E-state index < -0.39 is 10.0 Å². The normalized spacial score (nSPS) is 11.6. The van der Waals surface area contributed by atoms with Crippen LogP contribution in [0.3, 0.4) is 0 Å². The van der Waals surface area contributed by atoms with E-state index in [0.717, 1.165) is 33.3 Å². The summed E-state index contributed by atoms with van der Waals surface area (Å²) >= 11 is 0. The highest BCUT2D eigenvalue weighted by molar-refractivity contribution is 7.89. The number of aryl methyl sites for hydroxylation is 2. The Morgan fingerprint density at radius 3 is 2.38 bits per heavy atom. The first-order chi connectivity index (χ1) is 16.3. The van der Waals surface area contributed by atoms with Crippen molar-refractivity contribution in [1.29, 1.82) is 0 Å². The van der Waals surface area contributed by atoms with Crippen molar-refractivity contribution in [1.82, 2.24) is 15.0 Å². The number of aromatic nitrogens is 1. The number of H-pyrrole nitrogens is 1. The minimum absolute atomic E-state index is 0.0931. The van der Waals surface area contributed by atoms with Gasteiger partial charge in [-0.25, -0.2) is 17.5 Å². The molecule has 1 amide bonds. The van der Waals surface area contributed by atoms with Gasteiger partial charge >= 0.3 is 0 Å². The highest BCUT2D eigenvalue weighted by atomic mass is 32.2. The van der Waals surface area contributed by atoms with E-state index in [0.29, 0.717) is 6.42 Å². The van der Waals surface area contributed by atoms with Crippen LogP contribution >= 0.6 is 0 Å². The van der Waals surface area contributed by atoms with Crippen LogP contribution in [0.1, 0.15) is 17.5 Å². The average Bonchev–Trinajstić information content (AvgIpc) is 3.20. The molecule has 1 aromatic heterocycles. The predicted molar refractivity (Wildman–Crippen MR) is 131 cm³/mol. The van der Waals surface area contributed by atoms with Gasteiger partial charge in [0, 0.05) is 36.1 Å². The quantitative estimate of drug-likeness (QED) is 0.313. The maximum absolute atomic E-state index is 13.4. The van der Waals surface area contributed by atoms with Crippen molar-refractivity contribution in [3.63, 3.8) is 0 Å². The third kappa shape index (κ3) is 5.52. The molecule has 0 fully saturated rings. The zero-order chi connectivity index (χ0) is 24.1. The molecule has 4 rings (SSSR count). The standard InChI is InChI=1S/C26H26FN3O3S/c1-18-6-12-21(13-7-18)34(32,33)29-17-16-28-25(31)15-14-23-22-4-2-3-5-24(22)30-26(23)19-8-10-20(27)11-9-19/h2-13,29-30H,14-17H2,1H3,(H,28,31). The Bertz CT molecular complexity index is 1400. The highest BCUT2D eigenvalue weighted by Gasteiger charge is 2.15. The second-order valence-electron chi connectivity index (χ2n) is 8.09. The molecule has 0 radical (unpaired) electrons. The second kappa shape index (κ2) is 10.2. The lowest BCUT2D eigenvalue weighted by Crippen LogP contribution is -2.34. The fourth-order valence-electron chi connectivity index (χ4n) is 3.84. The molecule has 176 valence electrons. The van der Waals surface area contributed by atoms with Crippen LogP contribution in [0.15, 0.2) is 77.7 Å². The average molecular weight is 480 g/mol. The largest absolute Gasteiger partial charge is 0.355 e. The van der Waals surface area contributed by atoms with E-state index in [-0.39, 0.29) is 36.1 Å². The third-order valence-electron chi connectivity index (χ3n) is 5.62. The van der Waals surface area contributed by atoms with Gasteiger partial charge in [0.1, 0.15) is 5.82 Å². The Kier molecular flexibility index (Phi) is 7.09. The van der Waals surface area contributed by atoms with E-state index in [1.54, 1.807) is 36.4 Å². The first kappa shape index (κ1) is 23.7. The zero-order valence-corrected chi connectivity index (χ0v) is 19.6. The van der Waals surface area contributed by atoms with Gasteiger partial charge in [-0.05, 0) is 66.9 Å². The van der Waals surface area contributed by atoms with E-state index in [1.165, 1.54) is 12.1 Å². The van der Waals surface area contributed by atoms with Gasteiger partial charge in [0.05, 0.1) is 4.90 Å². The number of carbonyl (C=O) groups excluding carboxylic acids is 1. The van der Waals surface area contributed by atoms with Gasteiger partial charge in [-0.2, -0.15) is 0 Å². The lowest BCUT2D eigenvalue weighted by molar-refractivity contribution is -0.121. The summed E-state index contributed by atoms with van der Waals surface area (Å²) in [6.45, 7) is 2.16. The van der Waals surface area contributed by atoms with E-state index >= 15 is 0 Å². The fraction of sp³-hybridized carbons (Fsp3) is 0.192. The maximum Gasteiger partial charge on any atom is 0.240 e. The molecule has 0 unspecified atom stereocenters. The van der Waals surface area contributed by atoms with Gasteiger partial charge in [0.25, 0.3) is 0 Å². The third-order valence-corrected chi connectivity index (χ3v) is 7.10. The van der Waals surface area contributed by atoms with E-state index in [1.807, 2.05) is 31.2 Å². The van der Waals surface area contributed by atoms with Gasteiger partial charge in [0.2, 0.25) is 15.9 Å². The number of benzene rings is 3. The van der Waals surface area contributed by atoms with Gasteiger partial charge in [-0.1, -0.05) is 35.9 Å². The van der Waals surface area contributed by atoms with Crippen molar-refractivity contribution in [3.8, 4) is 11.3 Å². The molecule has 4 aromatic rings. The molecule has 8 heteroatoms. The number of hydrogen-bond acceptors (Lipinski definition) is 3. The van der Waals surface area contributed by atoms with Crippen LogP contribution in [0.25, 0.3) is 22.2 Å². The zero-order valence-electron chi connectivity index (χ0n) is 18.8. The maximum atomic E-state index is 13.4. The molecule has 6 nitrogen and oxygen atoms in total. The number of nitrogens with one attached hydrogen (secondary N) is 3. The second-order valence-corrected chi connectivity index (χ2v) is 9.86. The van der Waals surface area contributed by atoms with Crippen molar-refractivity contribution in [2.45, 2.75) is 24.7 Å². The Morgan fingerprint density at radius 2 is 1.65 bits per heavy atom. The molecule has 1 heterocycles. The molecule has 0 aliphatic rings. The predicted octanol–water partition coefficient (Wildman–Crippen LogP) is 4.31. The van der Waals surface area contributed by atoms with Crippen LogP contribution in [-0.4, -0.2) is 32.4 Å². The van der Waals surface area contributed by atoms with E-state index in [4.69, 9.17) is 0 Å². The number of aromatic amines is 1. The molecule has 0 aliphatic carbocycles.